The van der Waals surface area contributed by atoms with Crippen molar-refractivity contribution in [3.63, 3.8) is 0 Å². The van der Waals surface area contributed by atoms with Gasteiger partial charge in [-0.05, 0) is 19.9 Å². The Bertz CT molecular complexity index is 435. The van der Waals surface area contributed by atoms with E-state index in [9.17, 15) is 0 Å². The van der Waals surface area contributed by atoms with E-state index >= 15 is 0 Å². The summed E-state index contributed by atoms with van der Waals surface area (Å²) in [7, 11) is 3.33. The second-order valence-electron chi connectivity index (χ2n) is 5.01. The van der Waals surface area contributed by atoms with Crippen molar-refractivity contribution in [3.05, 3.63) is 23.8 Å². The Labute approximate surface area is 108 Å². The number of hydrogen-bond donors (Lipinski definition) is 1. The van der Waals surface area contributed by atoms with Crippen LogP contribution >= 0.6 is 0 Å². The highest BCUT2D eigenvalue weighted by molar-refractivity contribution is 5.44. The quantitative estimate of drug-likeness (QED) is 0.895. The van der Waals surface area contributed by atoms with Crippen LogP contribution < -0.4 is 15.2 Å². The lowest BCUT2D eigenvalue weighted by Gasteiger charge is -2.41. The Hall–Kier alpha value is -1.26. The molecular formula is C14H21NO3. The van der Waals surface area contributed by atoms with Crippen LogP contribution in [0, 0.1) is 0 Å². The van der Waals surface area contributed by atoms with Gasteiger partial charge in [0.05, 0.1) is 13.2 Å². The first kappa shape index (κ1) is 13.2. The summed E-state index contributed by atoms with van der Waals surface area (Å²) >= 11 is 0. The van der Waals surface area contributed by atoms with Crippen molar-refractivity contribution in [2.24, 2.45) is 5.73 Å². The zero-order chi connectivity index (χ0) is 13.3. The number of hydrogen-bond acceptors (Lipinski definition) is 4. The van der Waals surface area contributed by atoms with Gasteiger partial charge in [-0.2, -0.15) is 0 Å². The van der Waals surface area contributed by atoms with Crippen LogP contribution in [-0.4, -0.2) is 25.9 Å². The molecule has 0 bridgehead atoms. The second kappa shape index (κ2) is 4.78. The van der Waals surface area contributed by atoms with Gasteiger partial charge in [-0.25, -0.2) is 0 Å². The fraction of sp³-hybridized carbons (Fsp3) is 0.571. The molecule has 2 N–H and O–H groups in total. The molecule has 1 aliphatic heterocycles. The molecule has 1 heterocycles. The number of fused-ring (bicyclic) bond motifs is 1. The Morgan fingerprint density at radius 1 is 1.44 bits per heavy atom. The molecule has 0 aliphatic carbocycles. The minimum atomic E-state index is -0.409. The zero-order valence-electron chi connectivity index (χ0n) is 11.4. The van der Waals surface area contributed by atoms with E-state index in [2.05, 4.69) is 0 Å². The summed E-state index contributed by atoms with van der Waals surface area (Å²) in [5, 5.41) is 0. The van der Waals surface area contributed by atoms with Crippen LogP contribution in [0.2, 0.25) is 0 Å². The summed E-state index contributed by atoms with van der Waals surface area (Å²) in [6, 6.07) is 5.72. The van der Waals surface area contributed by atoms with Crippen molar-refractivity contribution in [1.29, 1.82) is 0 Å². The summed E-state index contributed by atoms with van der Waals surface area (Å²) in [6.07, 6.45) is 0.712. The lowest BCUT2D eigenvalue weighted by Crippen LogP contribution is -2.49. The molecule has 0 aromatic heterocycles. The predicted octanol–water partition coefficient (Wildman–Crippen LogP) is 2.27. The summed E-state index contributed by atoms with van der Waals surface area (Å²) in [5.41, 5.74) is 6.85. The van der Waals surface area contributed by atoms with Crippen molar-refractivity contribution < 1.29 is 14.2 Å². The lowest BCUT2D eigenvalue weighted by atomic mass is 9.85. The molecule has 0 radical (unpaired) electrons. The third kappa shape index (κ3) is 2.18. The number of rotatable bonds is 3. The van der Waals surface area contributed by atoms with Crippen LogP contribution in [0.4, 0.5) is 0 Å². The number of benzene rings is 1. The van der Waals surface area contributed by atoms with Gasteiger partial charge in [-0.1, -0.05) is 6.07 Å². The molecule has 18 heavy (non-hydrogen) atoms. The van der Waals surface area contributed by atoms with Gasteiger partial charge in [0.2, 0.25) is 0 Å². The second-order valence-corrected chi connectivity index (χ2v) is 5.01. The highest BCUT2D eigenvalue weighted by Crippen LogP contribution is 2.41. The van der Waals surface area contributed by atoms with E-state index in [1.807, 2.05) is 32.0 Å². The van der Waals surface area contributed by atoms with E-state index in [1.165, 1.54) is 0 Å². The maximum absolute atomic E-state index is 6.23. The molecule has 3 atom stereocenters. The van der Waals surface area contributed by atoms with Crippen LogP contribution in [0.1, 0.15) is 31.9 Å². The zero-order valence-corrected chi connectivity index (χ0v) is 11.4. The normalized spacial score (nSPS) is 28.2. The molecule has 4 nitrogen and oxygen atoms in total. The molecule has 2 rings (SSSR count). The van der Waals surface area contributed by atoms with Crippen LogP contribution in [-0.2, 0) is 4.74 Å². The Morgan fingerprint density at radius 2 is 2.17 bits per heavy atom. The van der Waals surface area contributed by atoms with Crippen molar-refractivity contribution >= 4 is 0 Å². The minimum absolute atomic E-state index is 0.0251. The Morgan fingerprint density at radius 3 is 2.78 bits per heavy atom. The molecule has 0 amide bonds. The SMILES string of the molecule is COc1ccc2c(c1)OC(C)(C(C)OC)CC2N. The molecular weight excluding hydrogens is 230 g/mol. The van der Waals surface area contributed by atoms with Gasteiger partial charge in [0, 0.05) is 31.2 Å². The Balaban J connectivity index is 2.37. The minimum Gasteiger partial charge on any atom is -0.497 e. The van der Waals surface area contributed by atoms with Gasteiger partial charge in [0.25, 0.3) is 0 Å². The smallest absolute Gasteiger partial charge is 0.134 e. The van der Waals surface area contributed by atoms with E-state index in [0.717, 1.165) is 23.5 Å². The van der Waals surface area contributed by atoms with Crippen molar-refractivity contribution in [3.8, 4) is 11.5 Å². The summed E-state index contributed by atoms with van der Waals surface area (Å²) in [6.45, 7) is 4.03. The average Bonchev–Trinajstić information content (AvgIpc) is 2.36. The predicted molar refractivity (Wildman–Crippen MR) is 70.0 cm³/mol. The first-order valence-electron chi connectivity index (χ1n) is 6.15. The molecule has 1 aromatic carbocycles. The number of nitrogens with two attached hydrogens (primary N) is 1. The van der Waals surface area contributed by atoms with Gasteiger partial charge in [-0.15, -0.1) is 0 Å². The molecule has 1 aromatic rings. The fourth-order valence-electron chi connectivity index (χ4n) is 2.37. The monoisotopic (exact) mass is 251 g/mol. The summed E-state index contributed by atoms with van der Waals surface area (Å²) in [4.78, 5) is 0. The van der Waals surface area contributed by atoms with Crippen LogP contribution in [0.5, 0.6) is 11.5 Å². The van der Waals surface area contributed by atoms with Crippen molar-refractivity contribution in [2.75, 3.05) is 14.2 Å². The van der Waals surface area contributed by atoms with Gasteiger partial charge >= 0.3 is 0 Å². The van der Waals surface area contributed by atoms with E-state index in [0.29, 0.717) is 0 Å². The molecule has 100 valence electrons. The molecule has 0 spiro atoms. The first-order valence-corrected chi connectivity index (χ1v) is 6.15. The average molecular weight is 251 g/mol. The third-order valence-corrected chi connectivity index (χ3v) is 3.80. The van der Waals surface area contributed by atoms with Crippen molar-refractivity contribution in [1.82, 2.24) is 0 Å². The first-order chi connectivity index (χ1) is 8.50. The van der Waals surface area contributed by atoms with Crippen molar-refractivity contribution in [2.45, 2.75) is 38.0 Å². The van der Waals surface area contributed by atoms with E-state index in [4.69, 9.17) is 19.9 Å². The summed E-state index contributed by atoms with van der Waals surface area (Å²) < 4.78 is 16.7. The van der Waals surface area contributed by atoms with Gasteiger partial charge < -0.3 is 19.9 Å². The maximum atomic E-state index is 6.23. The molecule has 3 unspecified atom stereocenters. The maximum Gasteiger partial charge on any atom is 0.134 e. The van der Waals surface area contributed by atoms with E-state index in [1.54, 1.807) is 14.2 Å². The largest absolute Gasteiger partial charge is 0.497 e. The van der Waals surface area contributed by atoms with Gasteiger partial charge in [0.15, 0.2) is 0 Å². The summed E-state index contributed by atoms with van der Waals surface area (Å²) in [5.74, 6) is 1.56. The topological polar surface area (TPSA) is 53.7 Å². The molecule has 0 saturated heterocycles. The van der Waals surface area contributed by atoms with Crippen LogP contribution in [0.15, 0.2) is 18.2 Å². The third-order valence-electron chi connectivity index (χ3n) is 3.80. The number of methoxy groups -OCH3 is 2. The Kier molecular flexibility index (Phi) is 3.50. The molecule has 1 aliphatic rings. The van der Waals surface area contributed by atoms with Crippen LogP contribution in [0.3, 0.4) is 0 Å². The fourth-order valence-corrected chi connectivity index (χ4v) is 2.37. The van der Waals surface area contributed by atoms with Crippen LogP contribution in [0.25, 0.3) is 0 Å². The number of ether oxygens (including phenoxy) is 3. The van der Waals surface area contributed by atoms with E-state index in [-0.39, 0.29) is 12.1 Å². The van der Waals surface area contributed by atoms with Gasteiger partial charge in [0.1, 0.15) is 17.1 Å². The highest BCUT2D eigenvalue weighted by atomic mass is 16.5. The highest BCUT2D eigenvalue weighted by Gasteiger charge is 2.40. The standard InChI is InChI=1S/C14H21NO3/c1-9(16-3)14(2)8-12(15)11-6-5-10(17-4)7-13(11)18-14/h5-7,9,12H,8,15H2,1-4H3. The molecule has 4 heteroatoms. The lowest BCUT2D eigenvalue weighted by molar-refractivity contribution is -0.0708. The van der Waals surface area contributed by atoms with Gasteiger partial charge in [-0.3, -0.25) is 0 Å². The molecule has 0 saturated carbocycles. The molecule has 0 fully saturated rings. The van der Waals surface area contributed by atoms with E-state index < -0.39 is 5.60 Å².